The van der Waals surface area contributed by atoms with E-state index in [9.17, 15) is 9.59 Å². The topological polar surface area (TPSA) is 58.2 Å². The first-order chi connectivity index (χ1) is 7.60. The lowest BCUT2D eigenvalue weighted by Crippen LogP contribution is -2.43. The number of hydrogen-bond acceptors (Lipinski definition) is 2. The molecule has 1 saturated heterocycles. The number of carbonyl (C=O) groups is 2. The Morgan fingerprint density at radius 1 is 1.19 bits per heavy atom. The van der Waals surface area contributed by atoms with Gasteiger partial charge in [0, 0.05) is 0 Å². The van der Waals surface area contributed by atoms with E-state index < -0.39 is 11.6 Å². The van der Waals surface area contributed by atoms with E-state index in [0.717, 1.165) is 12.0 Å². The van der Waals surface area contributed by atoms with Gasteiger partial charge in [-0.25, -0.2) is 4.79 Å². The Morgan fingerprint density at radius 2 is 1.88 bits per heavy atom. The second-order valence-corrected chi connectivity index (χ2v) is 4.23. The third-order valence-corrected chi connectivity index (χ3v) is 2.87. The molecule has 0 aromatic heterocycles. The summed E-state index contributed by atoms with van der Waals surface area (Å²) in [6.45, 7) is 1.75. The summed E-state index contributed by atoms with van der Waals surface area (Å²) in [6.07, 6.45) is 1.37. The molecule has 2 rings (SSSR count). The fourth-order valence-corrected chi connectivity index (χ4v) is 1.79. The van der Waals surface area contributed by atoms with Crippen molar-refractivity contribution >= 4 is 11.9 Å². The molecule has 3 amide bonds. The third kappa shape index (κ3) is 2.05. The highest BCUT2D eigenvalue weighted by atomic mass is 16.2. The van der Waals surface area contributed by atoms with Crippen molar-refractivity contribution in [3.63, 3.8) is 0 Å². The van der Waals surface area contributed by atoms with Crippen LogP contribution in [-0.2, 0) is 11.2 Å². The van der Waals surface area contributed by atoms with Crippen molar-refractivity contribution in [3.05, 3.63) is 35.9 Å². The monoisotopic (exact) mass is 218 g/mol. The van der Waals surface area contributed by atoms with Crippen LogP contribution in [0.2, 0.25) is 0 Å². The standard InChI is InChI=1S/C12H14N2O2/c1-12(10(15)13-11(16)14-12)8-7-9-5-3-2-4-6-9/h2-6H,7-8H2,1H3,(H2,13,14,15,16)/t12-/m1/s1. The van der Waals surface area contributed by atoms with Gasteiger partial charge in [0.15, 0.2) is 0 Å². The molecule has 4 heteroatoms. The minimum atomic E-state index is -0.771. The van der Waals surface area contributed by atoms with E-state index in [1.165, 1.54) is 0 Å². The lowest BCUT2D eigenvalue weighted by atomic mass is 9.93. The summed E-state index contributed by atoms with van der Waals surface area (Å²) in [5, 5.41) is 4.91. The highest BCUT2D eigenvalue weighted by Gasteiger charge is 2.41. The lowest BCUT2D eigenvalue weighted by molar-refractivity contribution is -0.123. The zero-order valence-corrected chi connectivity index (χ0v) is 9.12. The number of benzene rings is 1. The van der Waals surface area contributed by atoms with Crippen molar-refractivity contribution in [1.82, 2.24) is 10.6 Å². The van der Waals surface area contributed by atoms with Crippen LogP contribution in [0.1, 0.15) is 18.9 Å². The van der Waals surface area contributed by atoms with Crippen molar-refractivity contribution in [2.45, 2.75) is 25.3 Å². The second kappa shape index (κ2) is 3.96. The molecule has 1 heterocycles. The van der Waals surface area contributed by atoms with Gasteiger partial charge in [-0.1, -0.05) is 30.3 Å². The van der Waals surface area contributed by atoms with Crippen molar-refractivity contribution in [2.75, 3.05) is 0 Å². The molecular formula is C12H14N2O2. The Balaban J connectivity index is 2.00. The molecule has 84 valence electrons. The maximum Gasteiger partial charge on any atom is 0.322 e. The highest BCUT2D eigenvalue weighted by Crippen LogP contribution is 2.17. The smallest absolute Gasteiger partial charge is 0.322 e. The maximum absolute atomic E-state index is 11.5. The quantitative estimate of drug-likeness (QED) is 0.749. The minimum Gasteiger partial charge on any atom is -0.324 e. The Morgan fingerprint density at radius 3 is 2.44 bits per heavy atom. The van der Waals surface area contributed by atoms with Crippen LogP contribution in [0.4, 0.5) is 4.79 Å². The Hall–Kier alpha value is -1.84. The SMILES string of the molecule is C[C@]1(CCc2ccccc2)NC(=O)NC1=O. The predicted molar refractivity (Wildman–Crippen MR) is 59.8 cm³/mol. The molecule has 0 saturated carbocycles. The summed E-state index contributed by atoms with van der Waals surface area (Å²) in [6, 6.07) is 9.50. The number of nitrogens with one attached hydrogen (secondary N) is 2. The first-order valence-corrected chi connectivity index (χ1v) is 5.28. The van der Waals surface area contributed by atoms with Crippen LogP contribution < -0.4 is 10.6 Å². The predicted octanol–water partition coefficient (Wildman–Crippen LogP) is 1.22. The van der Waals surface area contributed by atoms with E-state index >= 15 is 0 Å². The molecule has 1 aliphatic heterocycles. The zero-order valence-electron chi connectivity index (χ0n) is 9.12. The van der Waals surface area contributed by atoms with Crippen molar-refractivity contribution in [2.24, 2.45) is 0 Å². The largest absolute Gasteiger partial charge is 0.324 e. The summed E-state index contributed by atoms with van der Waals surface area (Å²) in [7, 11) is 0. The van der Waals surface area contributed by atoms with Gasteiger partial charge in [-0.2, -0.15) is 0 Å². The zero-order chi connectivity index (χ0) is 11.6. The Bertz CT molecular complexity index is 416. The number of carbonyl (C=O) groups excluding carboxylic acids is 2. The van der Waals surface area contributed by atoms with Gasteiger partial charge in [-0.15, -0.1) is 0 Å². The van der Waals surface area contributed by atoms with Gasteiger partial charge in [0.1, 0.15) is 5.54 Å². The van der Waals surface area contributed by atoms with Gasteiger partial charge in [-0.3, -0.25) is 10.1 Å². The molecule has 0 spiro atoms. The number of aryl methyl sites for hydroxylation is 1. The molecule has 0 bridgehead atoms. The van der Waals surface area contributed by atoms with E-state index in [1.807, 2.05) is 30.3 Å². The van der Waals surface area contributed by atoms with Crippen LogP contribution in [-0.4, -0.2) is 17.5 Å². The van der Waals surface area contributed by atoms with Gasteiger partial charge < -0.3 is 5.32 Å². The maximum atomic E-state index is 11.5. The van der Waals surface area contributed by atoms with Gasteiger partial charge in [0.05, 0.1) is 0 Å². The summed E-state index contributed by atoms with van der Waals surface area (Å²) in [5.41, 5.74) is 0.394. The minimum absolute atomic E-state index is 0.242. The van der Waals surface area contributed by atoms with E-state index in [1.54, 1.807) is 6.92 Å². The van der Waals surface area contributed by atoms with E-state index in [-0.39, 0.29) is 5.91 Å². The van der Waals surface area contributed by atoms with Crippen LogP contribution in [0.5, 0.6) is 0 Å². The Labute approximate surface area is 94.0 Å². The van der Waals surface area contributed by atoms with E-state index in [2.05, 4.69) is 10.6 Å². The molecule has 0 unspecified atom stereocenters. The van der Waals surface area contributed by atoms with Crippen LogP contribution in [0.25, 0.3) is 0 Å². The first-order valence-electron chi connectivity index (χ1n) is 5.28. The Kier molecular flexibility index (Phi) is 2.64. The number of amides is 3. The van der Waals surface area contributed by atoms with Crippen molar-refractivity contribution in [1.29, 1.82) is 0 Å². The van der Waals surface area contributed by atoms with Gasteiger partial charge in [0.25, 0.3) is 5.91 Å². The normalized spacial score (nSPS) is 24.1. The average molecular weight is 218 g/mol. The van der Waals surface area contributed by atoms with Gasteiger partial charge in [0.2, 0.25) is 0 Å². The fourth-order valence-electron chi connectivity index (χ4n) is 1.79. The van der Waals surface area contributed by atoms with E-state index in [0.29, 0.717) is 6.42 Å². The van der Waals surface area contributed by atoms with Crippen molar-refractivity contribution in [3.8, 4) is 0 Å². The molecular weight excluding hydrogens is 204 g/mol. The summed E-state index contributed by atoms with van der Waals surface area (Å²) < 4.78 is 0. The first kappa shape index (κ1) is 10.7. The van der Waals surface area contributed by atoms with Crippen LogP contribution in [0.3, 0.4) is 0 Å². The summed E-state index contributed by atoms with van der Waals surface area (Å²) in [5.74, 6) is -0.242. The van der Waals surface area contributed by atoms with Crippen LogP contribution >= 0.6 is 0 Å². The molecule has 1 aliphatic rings. The van der Waals surface area contributed by atoms with Gasteiger partial charge >= 0.3 is 6.03 Å². The summed E-state index contributed by atoms with van der Waals surface area (Å²) in [4.78, 5) is 22.6. The number of urea groups is 1. The van der Waals surface area contributed by atoms with Crippen LogP contribution in [0, 0.1) is 0 Å². The molecule has 1 aromatic rings. The second-order valence-electron chi connectivity index (χ2n) is 4.23. The number of hydrogen-bond donors (Lipinski definition) is 2. The molecule has 2 N–H and O–H groups in total. The summed E-state index contributed by atoms with van der Waals surface area (Å²) >= 11 is 0. The molecule has 0 radical (unpaired) electrons. The average Bonchev–Trinajstić information content (AvgIpc) is 2.52. The molecule has 4 nitrogen and oxygen atoms in total. The molecule has 0 aliphatic carbocycles. The lowest BCUT2D eigenvalue weighted by Gasteiger charge is -2.20. The highest BCUT2D eigenvalue weighted by molar-refractivity contribution is 6.06. The van der Waals surface area contributed by atoms with Gasteiger partial charge in [-0.05, 0) is 25.3 Å². The molecule has 1 atom stereocenters. The van der Waals surface area contributed by atoms with Crippen LogP contribution in [0.15, 0.2) is 30.3 Å². The molecule has 1 fully saturated rings. The number of imide groups is 1. The molecule has 16 heavy (non-hydrogen) atoms. The fraction of sp³-hybridized carbons (Fsp3) is 0.333. The number of rotatable bonds is 3. The third-order valence-electron chi connectivity index (χ3n) is 2.87. The van der Waals surface area contributed by atoms with Crippen molar-refractivity contribution < 1.29 is 9.59 Å². The molecule has 1 aromatic carbocycles. The van der Waals surface area contributed by atoms with E-state index in [4.69, 9.17) is 0 Å².